The molecule has 1 aliphatic heterocycles. The van der Waals surface area contributed by atoms with Crippen LogP contribution in [0.1, 0.15) is 0 Å². The van der Waals surface area contributed by atoms with Gasteiger partial charge >= 0.3 is 16.4 Å². The summed E-state index contributed by atoms with van der Waals surface area (Å²) in [5, 5.41) is 10.0. The number of aliphatic hydroxyl groups is 1. The lowest BCUT2D eigenvalue weighted by molar-refractivity contribution is -0.286. The number of methoxy groups -OCH3 is 3. The first-order valence-electron chi connectivity index (χ1n) is 5.37. The van der Waals surface area contributed by atoms with Crippen molar-refractivity contribution in [2.45, 2.75) is 30.7 Å². The van der Waals surface area contributed by atoms with Gasteiger partial charge in [0.05, 0.1) is 7.11 Å². The Labute approximate surface area is 115 Å². The molecule has 2 N–H and O–H groups in total. The van der Waals surface area contributed by atoms with Gasteiger partial charge in [0, 0.05) is 14.2 Å². The number of esters is 1. The molecule has 1 rings (SSSR count). The van der Waals surface area contributed by atoms with Crippen LogP contribution >= 0.6 is 0 Å². The summed E-state index contributed by atoms with van der Waals surface area (Å²) in [6.45, 7) is 0. The van der Waals surface area contributed by atoms with Crippen molar-refractivity contribution in [2.75, 3.05) is 21.3 Å². The summed E-state index contributed by atoms with van der Waals surface area (Å²) in [4.78, 5) is 11.5. The number of rotatable bonds is 5. The molecule has 0 aromatic carbocycles. The van der Waals surface area contributed by atoms with Gasteiger partial charge in [-0.05, 0) is 0 Å². The third kappa shape index (κ3) is 3.85. The van der Waals surface area contributed by atoms with Crippen molar-refractivity contribution >= 4 is 16.4 Å². The number of ether oxygens (including phenoxy) is 4. The highest BCUT2D eigenvalue weighted by atomic mass is 32.3. The van der Waals surface area contributed by atoms with Gasteiger partial charge in [-0.2, -0.15) is 8.42 Å². The molecule has 1 aliphatic rings. The van der Waals surface area contributed by atoms with Crippen LogP contribution in [0.2, 0.25) is 0 Å². The summed E-state index contributed by atoms with van der Waals surface area (Å²) >= 11 is 0. The molecule has 1 fully saturated rings. The molecule has 10 nitrogen and oxygen atoms in total. The van der Waals surface area contributed by atoms with Crippen LogP contribution in [0.15, 0.2) is 0 Å². The summed E-state index contributed by atoms with van der Waals surface area (Å²) < 4.78 is 53.8. The Morgan fingerprint density at radius 3 is 2.15 bits per heavy atom. The zero-order chi connectivity index (χ0) is 15.5. The van der Waals surface area contributed by atoms with E-state index < -0.39 is 47.1 Å². The van der Waals surface area contributed by atoms with Crippen LogP contribution in [0.4, 0.5) is 0 Å². The SMILES string of the molecule is COC(=O)C1O[C@@H](OC)[C@@H](OS(=O)(=O)O)C(O)[C@@H]1OC. The second-order valence-corrected chi connectivity index (χ2v) is 4.91. The largest absolute Gasteiger partial charge is 0.467 e. The first-order chi connectivity index (χ1) is 9.25. The van der Waals surface area contributed by atoms with Gasteiger partial charge in [-0.25, -0.2) is 8.98 Å². The van der Waals surface area contributed by atoms with Gasteiger partial charge in [0.25, 0.3) is 0 Å². The van der Waals surface area contributed by atoms with E-state index in [1.54, 1.807) is 0 Å². The molecular formula is C9H16O10S. The van der Waals surface area contributed by atoms with Crippen molar-refractivity contribution in [3.05, 3.63) is 0 Å². The number of carbonyl (C=O) groups is 1. The van der Waals surface area contributed by atoms with Crippen molar-refractivity contribution < 1.29 is 46.0 Å². The molecule has 0 aromatic heterocycles. The van der Waals surface area contributed by atoms with Crippen molar-refractivity contribution in [1.82, 2.24) is 0 Å². The fourth-order valence-corrected chi connectivity index (χ4v) is 2.31. The Balaban J connectivity index is 3.03. The number of hydrogen-bond acceptors (Lipinski definition) is 9. The molecule has 0 bridgehead atoms. The molecule has 0 saturated carbocycles. The van der Waals surface area contributed by atoms with E-state index in [2.05, 4.69) is 8.92 Å². The average molecular weight is 316 g/mol. The van der Waals surface area contributed by atoms with Crippen LogP contribution in [-0.2, 0) is 38.3 Å². The highest BCUT2D eigenvalue weighted by Crippen LogP contribution is 2.27. The fraction of sp³-hybridized carbons (Fsp3) is 0.889. The standard InChI is InChI=1S/C9H16O10S/c1-15-5-4(10)6(19-20(12,13)14)9(17-3)18-7(5)8(11)16-2/h4-7,9-10H,1-3H3,(H,12,13,14)/t4?,5-,6-,7?,9+/m0/s1. The summed E-state index contributed by atoms with van der Waals surface area (Å²) in [6.07, 6.45) is -7.26. The van der Waals surface area contributed by atoms with Crippen LogP contribution in [0.25, 0.3) is 0 Å². The Hall–Kier alpha value is -0.820. The molecule has 0 radical (unpaired) electrons. The normalized spacial score (nSPS) is 34.8. The van der Waals surface area contributed by atoms with E-state index in [0.717, 1.165) is 14.2 Å². The van der Waals surface area contributed by atoms with Crippen LogP contribution in [0.5, 0.6) is 0 Å². The van der Waals surface area contributed by atoms with Gasteiger partial charge in [-0.1, -0.05) is 0 Å². The molecule has 1 heterocycles. The van der Waals surface area contributed by atoms with E-state index >= 15 is 0 Å². The maximum Gasteiger partial charge on any atom is 0.397 e. The second-order valence-electron chi connectivity index (χ2n) is 3.86. The molecule has 0 aliphatic carbocycles. The summed E-state index contributed by atoms with van der Waals surface area (Å²) in [5.74, 6) is -0.844. The molecule has 20 heavy (non-hydrogen) atoms. The van der Waals surface area contributed by atoms with Crippen LogP contribution in [-0.4, -0.2) is 76.1 Å². The Morgan fingerprint density at radius 2 is 1.75 bits per heavy atom. The van der Waals surface area contributed by atoms with Crippen LogP contribution < -0.4 is 0 Å². The molecule has 0 aromatic rings. The Morgan fingerprint density at radius 1 is 1.15 bits per heavy atom. The monoisotopic (exact) mass is 316 g/mol. The molecule has 0 spiro atoms. The van der Waals surface area contributed by atoms with E-state index in [0.29, 0.717) is 0 Å². The number of hydrogen-bond donors (Lipinski definition) is 2. The van der Waals surface area contributed by atoms with Gasteiger partial charge in [-0.3, -0.25) is 4.55 Å². The minimum absolute atomic E-state index is 0.844. The Bertz CT molecular complexity index is 434. The van der Waals surface area contributed by atoms with E-state index in [1.807, 2.05) is 0 Å². The molecule has 0 amide bonds. The van der Waals surface area contributed by atoms with Crippen LogP contribution in [0.3, 0.4) is 0 Å². The quantitative estimate of drug-likeness (QED) is 0.436. The summed E-state index contributed by atoms with van der Waals surface area (Å²) in [5.41, 5.74) is 0. The van der Waals surface area contributed by atoms with E-state index in [-0.39, 0.29) is 0 Å². The minimum Gasteiger partial charge on any atom is -0.467 e. The maximum absolute atomic E-state index is 11.5. The highest BCUT2D eigenvalue weighted by molar-refractivity contribution is 7.80. The Kier molecular flexibility index (Phi) is 5.82. The fourth-order valence-electron chi connectivity index (χ4n) is 1.83. The summed E-state index contributed by atoms with van der Waals surface area (Å²) in [7, 11) is -1.45. The van der Waals surface area contributed by atoms with Crippen molar-refractivity contribution in [2.24, 2.45) is 0 Å². The third-order valence-electron chi connectivity index (χ3n) is 2.69. The lowest BCUT2D eigenvalue weighted by Crippen LogP contribution is -2.62. The lowest BCUT2D eigenvalue weighted by Gasteiger charge is -2.40. The third-order valence-corrected chi connectivity index (χ3v) is 3.16. The van der Waals surface area contributed by atoms with Crippen LogP contribution in [0, 0.1) is 0 Å². The van der Waals surface area contributed by atoms with Crippen molar-refractivity contribution in [1.29, 1.82) is 0 Å². The van der Waals surface area contributed by atoms with E-state index in [4.69, 9.17) is 18.8 Å². The molecular weight excluding hydrogens is 300 g/mol. The van der Waals surface area contributed by atoms with Gasteiger partial charge in [0.2, 0.25) is 0 Å². The van der Waals surface area contributed by atoms with E-state index in [9.17, 15) is 18.3 Å². The minimum atomic E-state index is -4.87. The second kappa shape index (κ2) is 6.76. The van der Waals surface area contributed by atoms with E-state index in [1.165, 1.54) is 7.11 Å². The predicted octanol–water partition coefficient (Wildman–Crippen LogP) is -1.91. The topological polar surface area (TPSA) is 138 Å². The van der Waals surface area contributed by atoms with Gasteiger partial charge in [0.15, 0.2) is 18.5 Å². The highest BCUT2D eigenvalue weighted by Gasteiger charge is 2.51. The summed E-state index contributed by atoms with van der Waals surface area (Å²) in [6, 6.07) is 0. The smallest absolute Gasteiger partial charge is 0.397 e. The van der Waals surface area contributed by atoms with Crippen molar-refractivity contribution in [3.8, 4) is 0 Å². The zero-order valence-corrected chi connectivity index (χ0v) is 11.8. The number of carbonyl (C=O) groups excluding carboxylic acids is 1. The van der Waals surface area contributed by atoms with Gasteiger partial charge in [0.1, 0.15) is 12.2 Å². The lowest BCUT2D eigenvalue weighted by atomic mass is 9.99. The maximum atomic E-state index is 11.5. The van der Waals surface area contributed by atoms with Gasteiger partial charge < -0.3 is 24.1 Å². The average Bonchev–Trinajstić information content (AvgIpc) is 2.38. The molecule has 1 saturated heterocycles. The predicted molar refractivity (Wildman–Crippen MR) is 60.9 cm³/mol. The molecule has 5 atom stereocenters. The molecule has 118 valence electrons. The van der Waals surface area contributed by atoms with Crippen molar-refractivity contribution in [3.63, 3.8) is 0 Å². The molecule has 11 heteroatoms. The number of aliphatic hydroxyl groups excluding tert-OH is 1. The van der Waals surface area contributed by atoms with Gasteiger partial charge in [-0.15, -0.1) is 0 Å². The first-order valence-corrected chi connectivity index (χ1v) is 6.74. The zero-order valence-electron chi connectivity index (χ0n) is 11.0. The first kappa shape index (κ1) is 17.2. The molecule has 2 unspecified atom stereocenters.